The van der Waals surface area contributed by atoms with Gasteiger partial charge in [0, 0.05) is 18.1 Å². The Bertz CT molecular complexity index is 654. The van der Waals surface area contributed by atoms with Gasteiger partial charge in [0.25, 0.3) is 0 Å². The fraction of sp³-hybridized carbons (Fsp3) is 0.438. The third-order valence-electron chi connectivity index (χ3n) is 3.94. The number of rotatable bonds is 3. The number of likely N-dealkylation sites (tertiary alicyclic amines) is 1. The van der Waals surface area contributed by atoms with Gasteiger partial charge in [0.15, 0.2) is 5.82 Å². The molecular weight excluding hydrogens is 302 g/mol. The highest BCUT2D eigenvalue weighted by Gasteiger charge is 2.28. The van der Waals surface area contributed by atoms with Crippen molar-refractivity contribution in [3.05, 3.63) is 46.6 Å². The van der Waals surface area contributed by atoms with Crippen LogP contribution in [-0.4, -0.2) is 34.0 Å². The zero-order valence-electron chi connectivity index (χ0n) is 12.5. The van der Waals surface area contributed by atoms with Crippen LogP contribution in [0.1, 0.15) is 36.0 Å². The molecule has 0 spiro atoms. The van der Waals surface area contributed by atoms with Gasteiger partial charge < -0.3 is 9.42 Å². The van der Waals surface area contributed by atoms with Crippen molar-refractivity contribution in [2.24, 2.45) is 0 Å². The average Bonchev–Trinajstić information content (AvgIpc) is 2.96. The number of halogens is 1. The van der Waals surface area contributed by atoms with Crippen LogP contribution in [-0.2, 0) is 11.2 Å². The van der Waals surface area contributed by atoms with Crippen molar-refractivity contribution in [3.8, 4) is 0 Å². The Morgan fingerprint density at radius 3 is 2.86 bits per heavy atom. The molecule has 6 heteroatoms. The molecule has 1 fully saturated rings. The van der Waals surface area contributed by atoms with Crippen LogP contribution in [0, 0.1) is 6.92 Å². The highest BCUT2D eigenvalue weighted by molar-refractivity contribution is 6.30. The van der Waals surface area contributed by atoms with Crippen molar-refractivity contribution >= 4 is 17.5 Å². The second kappa shape index (κ2) is 6.48. The lowest BCUT2D eigenvalue weighted by Crippen LogP contribution is -2.40. The van der Waals surface area contributed by atoms with E-state index in [0.29, 0.717) is 29.7 Å². The number of benzene rings is 1. The van der Waals surface area contributed by atoms with Crippen LogP contribution in [0.2, 0.25) is 5.02 Å². The molecule has 1 amide bonds. The fourth-order valence-electron chi connectivity index (χ4n) is 2.77. The Kier molecular flexibility index (Phi) is 4.43. The van der Waals surface area contributed by atoms with Crippen molar-refractivity contribution < 1.29 is 9.32 Å². The molecule has 1 aromatic heterocycles. The van der Waals surface area contributed by atoms with Crippen LogP contribution in [0.3, 0.4) is 0 Å². The summed E-state index contributed by atoms with van der Waals surface area (Å²) in [6.45, 7) is 3.24. The molecular formula is C16H18ClN3O2. The van der Waals surface area contributed by atoms with Gasteiger partial charge in [-0.15, -0.1) is 0 Å². The van der Waals surface area contributed by atoms with E-state index in [1.165, 1.54) is 0 Å². The van der Waals surface area contributed by atoms with Crippen molar-refractivity contribution in [2.45, 2.75) is 32.1 Å². The maximum Gasteiger partial charge on any atom is 0.231 e. The minimum absolute atomic E-state index is 0.128. The van der Waals surface area contributed by atoms with Crippen LogP contribution >= 0.6 is 11.6 Å². The lowest BCUT2D eigenvalue weighted by Gasteiger charge is -2.31. The number of amides is 1. The van der Waals surface area contributed by atoms with E-state index < -0.39 is 0 Å². The second-order valence-corrected chi connectivity index (χ2v) is 6.10. The maximum absolute atomic E-state index is 12.5. The number of hydrogen-bond donors (Lipinski definition) is 0. The molecule has 22 heavy (non-hydrogen) atoms. The highest BCUT2D eigenvalue weighted by atomic mass is 35.5. The van der Waals surface area contributed by atoms with Crippen LogP contribution < -0.4 is 0 Å². The Morgan fingerprint density at radius 2 is 2.18 bits per heavy atom. The SMILES string of the molecule is Cc1noc([C@H]2CCCN(C(=O)Cc3ccc(Cl)cc3)C2)n1. The predicted molar refractivity (Wildman–Crippen MR) is 82.7 cm³/mol. The van der Waals surface area contributed by atoms with Gasteiger partial charge in [-0.25, -0.2) is 0 Å². The van der Waals surface area contributed by atoms with Crippen LogP contribution in [0.15, 0.2) is 28.8 Å². The Balaban J connectivity index is 1.63. The first-order valence-electron chi connectivity index (χ1n) is 7.44. The van der Waals surface area contributed by atoms with E-state index >= 15 is 0 Å². The number of carbonyl (C=O) groups is 1. The number of hydrogen-bond acceptors (Lipinski definition) is 4. The first-order chi connectivity index (χ1) is 10.6. The van der Waals surface area contributed by atoms with Crippen LogP contribution in [0.25, 0.3) is 0 Å². The third kappa shape index (κ3) is 3.47. The summed E-state index contributed by atoms with van der Waals surface area (Å²) in [4.78, 5) is 18.6. The molecule has 116 valence electrons. The van der Waals surface area contributed by atoms with E-state index in [-0.39, 0.29) is 11.8 Å². The van der Waals surface area contributed by atoms with E-state index in [2.05, 4.69) is 10.1 Å². The smallest absolute Gasteiger partial charge is 0.231 e. The summed E-state index contributed by atoms with van der Waals surface area (Å²) in [6, 6.07) is 7.40. The summed E-state index contributed by atoms with van der Waals surface area (Å²) in [5.41, 5.74) is 0.977. The van der Waals surface area contributed by atoms with Gasteiger partial charge in [-0.05, 0) is 37.5 Å². The zero-order valence-corrected chi connectivity index (χ0v) is 13.2. The number of aryl methyl sites for hydroxylation is 1. The van der Waals surface area contributed by atoms with E-state index in [0.717, 1.165) is 24.9 Å². The normalized spacial score (nSPS) is 18.5. The predicted octanol–water partition coefficient (Wildman–Crippen LogP) is 2.98. The first-order valence-corrected chi connectivity index (χ1v) is 7.82. The Hall–Kier alpha value is -1.88. The quantitative estimate of drug-likeness (QED) is 0.872. The highest BCUT2D eigenvalue weighted by Crippen LogP contribution is 2.26. The summed E-state index contributed by atoms with van der Waals surface area (Å²) in [6.07, 6.45) is 2.33. The van der Waals surface area contributed by atoms with Crippen LogP contribution in [0.4, 0.5) is 0 Å². The summed E-state index contributed by atoms with van der Waals surface area (Å²) in [7, 11) is 0. The van der Waals surface area contributed by atoms with Crippen molar-refractivity contribution in [2.75, 3.05) is 13.1 Å². The summed E-state index contributed by atoms with van der Waals surface area (Å²) in [5, 5.41) is 4.52. The lowest BCUT2D eigenvalue weighted by molar-refractivity contribution is -0.131. The minimum atomic E-state index is 0.128. The first kappa shape index (κ1) is 15.0. The molecule has 1 atom stereocenters. The van der Waals surface area contributed by atoms with Crippen LogP contribution in [0.5, 0.6) is 0 Å². The lowest BCUT2D eigenvalue weighted by atomic mass is 9.97. The summed E-state index contributed by atoms with van der Waals surface area (Å²) in [5.74, 6) is 1.55. The fourth-order valence-corrected chi connectivity index (χ4v) is 2.90. The molecule has 1 aliphatic rings. The van der Waals surface area contributed by atoms with Gasteiger partial charge >= 0.3 is 0 Å². The molecule has 2 heterocycles. The molecule has 2 aromatic rings. The molecule has 0 N–H and O–H groups in total. The molecule has 1 saturated heterocycles. The number of piperidine rings is 1. The monoisotopic (exact) mass is 319 g/mol. The largest absolute Gasteiger partial charge is 0.342 e. The van der Waals surface area contributed by atoms with Crippen molar-refractivity contribution in [1.29, 1.82) is 0 Å². The molecule has 0 unspecified atom stereocenters. The Labute approximate surface area is 134 Å². The van der Waals surface area contributed by atoms with E-state index in [4.69, 9.17) is 16.1 Å². The maximum atomic E-state index is 12.5. The second-order valence-electron chi connectivity index (χ2n) is 5.66. The number of nitrogens with zero attached hydrogens (tertiary/aromatic N) is 3. The third-order valence-corrected chi connectivity index (χ3v) is 4.19. The standard InChI is InChI=1S/C16H18ClN3O2/c1-11-18-16(22-19-11)13-3-2-8-20(10-13)15(21)9-12-4-6-14(17)7-5-12/h4-7,13H,2-3,8-10H2,1H3/t13-/m0/s1. The van der Waals surface area contributed by atoms with Gasteiger partial charge in [-0.1, -0.05) is 28.9 Å². The van der Waals surface area contributed by atoms with Gasteiger partial charge in [-0.3, -0.25) is 4.79 Å². The summed E-state index contributed by atoms with van der Waals surface area (Å²) < 4.78 is 5.25. The Morgan fingerprint density at radius 1 is 1.41 bits per heavy atom. The average molecular weight is 320 g/mol. The molecule has 1 aromatic carbocycles. The number of carbonyl (C=O) groups excluding carboxylic acids is 1. The van der Waals surface area contributed by atoms with Gasteiger partial charge in [-0.2, -0.15) is 4.98 Å². The van der Waals surface area contributed by atoms with Crippen molar-refractivity contribution in [1.82, 2.24) is 15.0 Å². The van der Waals surface area contributed by atoms with Gasteiger partial charge in [0.2, 0.25) is 11.8 Å². The molecule has 0 bridgehead atoms. The molecule has 0 saturated carbocycles. The minimum Gasteiger partial charge on any atom is -0.342 e. The number of aromatic nitrogens is 2. The van der Waals surface area contributed by atoms with E-state index in [9.17, 15) is 4.79 Å². The van der Waals surface area contributed by atoms with Gasteiger partial charge in [0.1, 0.15) is 0 Å². The van der Waals surface area contributed by atoms with E-state index in [1.54, 1.807) is 6.92 Å². The zero-order chi connectivity index (χ0) is 15.5. The molecule has 0 aliphatic carbocycles. The molecule has 5 nitrogen and oxygen atoms in total. The topological polar surface area (TPSA) is 59.2 Å². The van der Waals surface area contributed by atoms with Crippen molar-refractivity contribution in [3.63, 3.8) is 0 Å². The molecule has 1 aliphatic heterocycles. The van der Waals surface area contributed by atoms with Gasteiger partial charge in [0.05, 0.1) is 12.3 Å². The summed E-state index contributed by atoms with van der Waals surface area (Å²) >= 11 is 5.87. The molecule has 0 radical (unpaired) electrons. The van der Waals surface area contributed by atoms with E-state index in [1.807, 2.05) is 29.2 Å². The molecule has 3 rings (SSSR count).